The maximum absolute atomic E-state index is 13.2. The number of halogens is 3. The minimum Gasteiger partial charge on any atom is -0.371 e. The molecule has 3 aliphatic heterocycles. The van der Waals surface area contributed by atoms with Crippen LogP contribution in [-0.2, 0) is 21.3 Å². The van der Waals surface area contributed by atoms with Gasteiger partial charge in [-0.2, -0.15) is 13.2 Å². The topological polar surface area (TPSA) is 61.0 Å². The number of benzene rings is 1. The molecule has 1 aliphatic carbocycles. The van der Waals surface area contributed by atoms with Gasteiger partial charge in [0.2, 0.25) is 5.91 Å². The van der Waals surface area contributed by atoms with Gasteiger partial charge in [0.15, 0.2) is 0 Å². The van der Waals surface area contributed by atoms with Gasteiger partial charge in [0.25, 0.3) is 0 Å². The number of pyridine rings is 1. The Balaban J connectivity index is 0.969. The van der Waals surface area contributed by atoms with E-state index in [1.54, 1.807) is 6.07 Å². The molecule has 2 aromatic rings. The van der Waals surface area contributed by atoms with Crippen LogP contribution in [0.15, 0.2) is 48.7 Å². The lowest BCUT2D eigenvalue weighted by Crippen LogP contribution is -2.45. The van der Waals surface area contributed by atoms with Crippen LogP contribution in [0.4, 0.5) is 18.9 Å². The molecular formula is C28H33F3N4O2. The number of ether oxygens (including phenoxy) is 1. The fourth-order valence-electron chi connectivity index (χ4n) is 6.51. The number of rotatable bonds is 5. The molecule has 6 nitrogen and oxygen atoms in total. The van der Waals surface area contributed by atoms with E-state index in [2.05, 4.69) is 16.4 Å². The Hall–Kier alpha value is -2.65. The molecule has 1 aromatic heterocycles. The lowest BCUT2D eigenvalue weighted by atomic mass is 9.83. The lowest BCUT2D eigenvalue weighted by Gasteiger charge is -2.35. The molecule has 1 aromatic carbocycles. The Labute approximate surface area is 215 Å². The standard InChI is InChI=1S/C28H33F3N4O2/c29-28(30,31)20-4-3-5-23(16-20)34-13-8-19(9-14-34)26(36)35-15-10-22(18-35)33-21-7-11-27(25(17-21)37-27)24-6-1-2-12-32-24/h1-6,12,16,19,21-22,25,33H,7-11,13-15,17-18H2/t21?,22-,25?,27?/m0/s1. The normalized spacial score (nSPS) is 30.3. The van der Waals surface area contributed by atoms with Gasteiger partial charge in [-0.05, 0) is 68.9 Å². The monoisotopic (exact) mass is 514 g/mol. The highest BCUT2D eigenvalue weighted by atomic mass is 19.4. The number of anilines is 1. The van der Waals surface area contributed by atoms with Gasteiger partial charge in [-0.15, -0.1) is 0 Å². The number of epoxide rings is 1. The van der Waals surface area contributed by atoms with E-state index in [4.69, 9.17) is 4.74 Å². The molecule has 0 spiro atoms. The average Bonchev–Trinajstić information content (AvgIpc) is 3.48. The van der Waals surface area contributed by atoms with Crippen molar-refractivity contribution < 1.29 is 22.7 Å². The van der Waals surface area contributed by atoms with Crippen molar-refractivity contribution in [1.82, 2.24) is 15.2 Å². The number of hydrogen-bond donors (Lipinski definition) is 1. The number of nitrogens with zero attached hydrogens (tertiary/aromatic N) is 3. The largest absolute Gasteiger partial charge is 0.416 e. The van der Waals surface area contributed by atoms with Crippen LogP contribution in [0.25, 0.3) is 0 Å². The molecule has 0 bridgehead atoms. The van der Waals surface area contributed by atoms with E-state index >= 15 is 0 Å². The fourth-order valence-corrected chi connectivity index (χ4v) is 6.51. The highest BCUT2D eigenvalue weighted by molar-refractivity contribution is 5.79. The molecule has 9 heteroatoms. The molecule has 4 fully saturated rings. The lowest BCUT2D eigenvalue weighted by molar-refractivity contribution is -0.137. The number of nitrogens with one attached hydrogen (secondary N) is 1. The summed E-state index contributed by atoms with van der Waals surface area (Å²) < 4.78 is 45.4. The first kappa shape index (κ1) is 24.7. The summed E-state index contributed by atoms with van der Waals surface area (Å²) in [6.07, 6.45) is 2.94. The first-order valence-electron chi connectivity index (χ1n) is 13.4. The molecule has 3 saturated heterocycles. The van der Waals surface area contributed by atoms with E-state index in [0.717, 1.165) is 50.5 Å². The number of aromatic nitrogens is 1. The van der Waals surface area contributed by atoms with Crippen LogP contribution < -0.4 is 10.2 Å². The number of fused-ring (bicyclic) bond motifs is 1. The molecule has 1 N–H and O–H groups in total. The van der Waals surface area contributed by atoms with E-state index in [-0.39, 0.29) is 23.5 Å². The van der Waals surface area contributed by atoms with Gasteiger partial charge in [0.05, 0.1) is 17.4 Å². The summed E-state index contributed by atoms with van der Waals surface area (Å²) in [6.45, 7) is 2.67. The van der Waals surface area contributed by atoms with Gasteiger partial charge in [-0.3, -0.25) is 9.78 Å². The number of carbonyl (C=O) groups excluding carboxylic acids is 1. The van der Waals surface area contributed by atoms with Crippen molar-refractivity contribution >= 4 is 11.6 Å². The predicted molar refractivity (Wildman–Crippen MR) is 133 cm³/mol. The summed E-state index contributed by atoms with van der Waals surface area (Å²) in [7, 11) is 0. The first-order valence-corrected chi connectivity index (χ1v) is 13.4. The zero-order chi connectivity index (χ0) is 25.6. The second kappa shape index (κ2) is 9.58. The van der Waals surface area contributed by atoms with E-state index in [9.17, 15) is 18.0 Å². The maximum Gasteiger partial charge on any atom is 0.416 e. The number of amides is 1. The molecule has 4 atom stereocenters. The second-order valence-electron chi connectivity index (χ2n) is 10.9. The van der Waals surface area contributed by atoms with Gasteiger partial charge in [0, 0.05) is 56.1 Å². The van der Waals surface area contributed by atoms with Gasteiger partial charge in [0.1, 0.15) is 5.60 Å². The molecule has 6 rings (SSSR count). The fraction of sp³-hybridized carbons (Fsp3) is 0.571. The second-order valence-corrected chi connectivity index (χ2v) is 10.9. The Morgan fingerprint density at radius 2 is 1.86 bits per heavy atom. The third-order valence-corrected chi connectivity index (χ3v) is 8.63. The van der Waals surface area contributed by atoms with Crippen molar-refractivity contribution in [1.29, 1.82) is 0 Å². The third-order valence-electron chi connectivity index (χ3n) is 8.63. The molecule has 198 valence electrons. The van der Waals surface area contributed by atoms with Crippen LogP contribution >= 0.6 is 0 Å². The minimum absolute atomic E-state index is 0.0608. The zero-order valence-corrected chi connectivity index (χ0v) is 20.8. The smallest absolute Gasteiger partial charge is 0.371 e. The van der Waals surface area contributed by atoms with Crippen LogP contribution in [0.5, 0.6) is 0 Å². The molecule has 4 heterocycles. The summed E-state index contributed by atoms with van der Waals surface area (Å²) in [6, 6.07) is 12.1. The van der Waals surface area contributed by atoms with Crippen molar-refractivity contribution in [2.24, 2.45) is 5.92 Å². The van der Waals surface area contributed by atoms with E-state index in [1.807, 2.05) is 28.1 Å². The van der Waals surface area contributed by atoms with Crippen molar-refractivity contribution in [3.05, 3.63) is 59.9 Å². The third kappa shape index (κ3) is 4.95. The average molecular weight is 515 g/mol. The van der Waals surface area contributed by atoms with Gasteiger partial charge < -0.3 is 19.9 Å². The van der Waals surface area contributed by atoms with E-state index in [1.165, 1.54) is 12.1 Å². The molecule has 3 unspecified atom stereocenters. The Morgan fingerprint density at radius 1 is 1.03 bits per heavy atom. The van der Waals surface area contributed by atoms with Crippen molar-refractivity contribution in [3.63, 3.8) is 0 Å². The van der Waals surface area contributed by atoms with Gasteiger partial charge >= 0.3 is 6.18 Å². The number of piperidine rings is 1. The van der Waals surface area contributed by atoms with Gasteiger partial charge in [-0.25, -0.2) is 0 Å². The van der Waals surface area contributed by atoms with Crippen molar-refractivity contribution in [2.75, 3.05) is 31.1 Å². The SMILES string of the molecule is O=C(C1CCN(c2cccc(C(F)(F)F)c2)CC1)N1CC[C@H](NC2CCC3(c4ccccn4)OC3C2)C1. The molecule has 4 aliphatic rings. The Morgan fingerprint density at radius 3 is 2.59 bits per heavy atom. The summed E-state index contributed by atoms with van der Waals surface area (Å²) in [4.78, 5) is 21.7. The minimum atomic E-state index is -4.35. The van der Waals surface area contributed by atoms with Crippen LogP contribution in [0.2, 0.25) is 0 Å². The molecule has 37 heavy (non-hydrogen) atoms. The quantitative estimate of drug-likeness (QED) is 0.601. The summed E-state index contributed by atoms with van der Waals surface area (Å²) >= 11 is 0. The summed E-state index contributed by atoms with van der Waals surface area (Å²) in [5.74, 6) is 0.130. The van der Waals surface area contributed by atoms with Crippen LogP contribution in [0.3, 0.4) is 0 Å². The number of hydrogen-bond acceptors (Lipinski definition) is 5. The molecule has 1 amide bonds. The predicted octanol–water partition coefficient (Wildman–Crippen LogP) is 4.35. The summed E-state index contributed by atoms with van der Waals surface area (Å²) in [5, 5.41) is 3.78. The van der Waals surface area contributed by atoms with E-state index < -0.39 is 11.7 Å². The van der Waals surface area contributed by atoms with Crippen LogP contribution in [0, 0.1) is 5.92 Å². The van der Waals surface area contributed by atoms with Crippen LogP contribution in [0.1, 0.15) is 49.8 Å². The number of carbonyl (C=O) groups is 1. The highest BCUT2D eigenvalue weighted by Gasteiger charge is 2.61. The Bertz CT molecular complexity index is 1120. The maximum atomic E-state index is 13.2. The summed E-state index contributed by atoms with van der Waals surface area (Å²) in [5.41, 5.74) is 0.785. The highest BCUT2D eigenvalue weighted by Crippen LogP contribution is 2.54. The van der Waals surface area contributed by atoms with Crippen molar-refractivity contribution in [2.45, 2.75) is 68.5 Å². The van der Waals surface area contributed by atoms with Crippen LogP contribution in [-0.4, -0.2) is 60.2 Å². The number of alkyl halides is 3. The first-order chi connectivity index (χ1) is 17.8. The van der Waals surface area contributed by atoms with E-state index in [0.29, 0.717) is 43.7 Å². The zero-order valence-electron chi connectivity index (χ0n) is 20.8. The Kier molecular flexibility index (Phi) is 6.39. The van der Waals surface area contributed by atoms with Crippen molar-refractivity contribution in [3.8, 4) is 0 Å². The number of likely N-dealkylation sites (tertiary alicyclic amines) is 1. The molecule has 0 radical (unpaired) electrons. The van der Waals surface area contributed by atoms with Gasteiger partial charge in [-0.1, -0.05) is 12.1 Å². The molecular weight excluding hydrogens is 481 g/mol. The molecule has 1 saturated carbocycles.